The number of anilines is 1. The first kappa shape index (κ1) is 7.18. The Hall–Kier alpha value is -1.48. The maximum absolute atomic E-state index is 5.65. The van der Waals surface area contributed by atoms with Gasteiger partial charge in [-0.3, -0.25) is 0 Å². The van der Waals surface area contributed by atoms with Gasteiger partial charge in [0.05, 0.1) is 0 Å². The SMILES string of the molecule is NCc1c[nH]c2ccc(N)cc12. The highest BCUT2D eigenvalue weighted by molar-refractivity contribution is 5.85. The summed E-state index contributed by atoms with van der Waals surface area (Å²) < 4.78 is 0. The van der Waals surface area contributed by atoms with Crippen molar-refractivity contribution in [3.63, 3.8) is 0 Å². The lowest BCUT2D eigenvalue weighted by Crippen LogP contribution is -1.94. The van der Waals surface area contributed by atoms with Gasteiger partial charge in [-0.2, -0.15) is 0 Å². The largest absolute Gasteiger partial charge is 0.399 e. The number of H-pyrrole nitrogens is 1. The molecule has 1 aromatic heterocycles. The topological polar surface area (TPSA) is 67.8 Å². The van der Waals surface area contributed by atoms with E-state index in [0.29, 0.717) is 6.54 Å². The van der Waals surface area contributed by atoms with Gasteiger partial charge in [-0.25, -0.2) is 0 Å². The van der Waals surface area contributed by atoms with E-state index in [2.05, 4.69) is 4.98 Å². The fraction of sp³-hybridized carbons (Fsp3) is 0.111. The van der Waals surface area contributed by atoms with Crippen LogP contribution in [0.15, 0.2) is 24.4 Å². The van der Waals surface area contributed by atoms with Crippen LogP contribution in [0.2, 0.25) is 0 Å². The molecule has 0 unspecified atom stereocenters. The highest BCUT2D eigenvalue weighted by Gasteiger charge is 2.00. The van der Waals surface area contributed by atoms with E-state index in [-0.39, 0.29) is 0 Å². The minimum Gasteiger partial charge on any atom is -0.399 e. The van der Waals surface area contributed by atoms with E-state index >= 15 is 0 Å². The van der Waals surface area contributed by atoms with Crippen LogP contribution in [0.5, 0.6) is 0 Å². The first-order chi connectivity index (χ1) is 5.81. The predicted molar refractivity (Wildman–Crippen MR) is 50.6 cm³/mol. The minimum absolute atomic E-state index is 0.545. The van der Waals surface area contributed by atoms with Gasteiger partial charge in [-0.15, -0.1) is 0 Å². The van der Waals surface area contributed by atoms with Crippen LogP contribution in [0.3, 0.4) is 0 Å². The second-order valence-electron chi connectivity index (χ2n) is 2.82. The van der Waals surface area contributed by atoms with Crippen LogP contribution < -0.4 is 11.5 Å². The summed E-state index contributed by atoms with van der Waals surface area (Å²) in [5, 5.41) is 1.12. The molecule has 0 aliphatic carbocycles. The lowest BCUT2D eigenvalue weighted by atomic mass is 10.1. The molecule has 0 amide bonds. The first-order valence-corrected chi connectivity index (χ1v) is 3.87. The molecular formula is C9H11N3. The van der Waals surface area contributed by atoms with Gasteiger partial charge in [0.1, 0.15) is 0 Å². The van der Waals surface area contributed by atoms with Crippen molar-refractivity contribution in [1.29, 1.82) is 0 Å². The van der Waals surface area contributed by atoms with E-state index in [9.17, 15) is 0 Å². The number of nitrogens with one attached hydrogen (secondary N) is 1. The lowest BCUT2D eigenvalue weighted by Gasteiger charge is -1.95. The van der Waals surface area contributed by atoms with Gasteiger partial charge in [0, 0.05) is 29.3 Å². The zero-order valence-corrected chi connectivity index (χ0v) is 6.67. The Kier molecular flexibility index (Phi) is 1.52. The number of nitrogen functional groups attached to an aromatic ring is 1. The molecule has 0 aliphatic rings. The van der Waals surface area contributed by atoms with Gasteiger partial charge in [-0.05, 0) is 23.8 Å². The molecule has 1 aromatic carbocycles. The van der Waals surface area contributed by atoms with Gasteiger partial charge in [0.25, 0.3) is 0 Å². The minimum atomic E-state index is 0.545. The quantitative estimate of drug-likeness (QED) is 0.550. The Morgan fingerprint density at radius 3 is 2.92 bits per heavy atom. The monoisotopic (exact) mass is 161 g/mol. The van der Waals surface area contributed by atoms with Crippen molar-refractivity contribution in [2.75, 3.05) is 5.73 Å². The fourth-order valence-corrected chi connectivity index (χ4v) is 1.36. The Labute approximate surface area is 70.4 Å². The number of nitrogens with two attached hydrogens (primary N) is 2. The molecule has 0 saturated carbocycles. The number of aromatic amines is 1. The van der Waals surface area contributed by atoms with Crippen molar-refractivity contribution >= 4 is 16.6 Å². The zero-order chi connectivity index (χ0) is 8.55. The van der Waals surface area contributed by atoms with Crippen LogP contribution in [0.1, 0.15) is 5.56 Å². The number of fused-ring (bicyclic) bond motifs is 1. The molecule has 1 heterocycles. The molecule has 2 aromatic rings. The molecule has 0 fully saturated rings. The molecule has 0 saturated heterocycles. The summed E-state index contributed by atoms with van der Waals surface area (Å²) in [5.74, 6) is 0. The predicted octanol–water partition coefficient (Wildman–Crippen LogP) is 1.21. The molecule has 3 nitrogen and oxygen atoms in total. The first-order valence-electron chi connectivity index (χ1n) is 3.87. The van der Waals surface area contributed by atoms with Crippen molar-refractivity contribution in [3.8, 4) is 0 Å². The molecule has 5 N–H and O–H groups in total. The van der Waals surface area contributed by atoms with Gasteiger partial charge in [0.2, 0.25) is 0 Å². The number of rotatable bonds is 1. The lowest BCUT2D eigenvalue weighted by molar-refractivity contribution is 1.08. The molecule has 3 heteroatoms. The van der Waals surface area contributed by atoms with E-state index in [1.54, 1.807) is 0 Å². The average molecular weight is 161 g/mol. The molecule has 62 valence electrons. The summed E-state index contributed by atoms with van der Waals surface area (Å²) in [6.07, 6.45) is 1.92. The van der Waals surface area contributed by atoms with Crippen LogP contribution >= 0.6 is 0 Å². The summed E-state index contributed by atoms with van der Waals surface area (Å²) in [4.78, 5) is 3.13. The smallest absolute Gasteiger partial charge is 0.0458 e. The summed E-state index contributed by atoms with van der Waals surface area (Å²) in [7, 11) is 0. The van der Waals surface area contributed by atoms with Crippen molar-refractivity contribution < 1.29 is 0 Å². The van der Waals surface area contributed by atoms with E-state index in [1.165, 1.54) is 0 Å². The molecule has 0 atom stereocenters. The maximum atomic E-state index is 5.65. The van der Waals surface area contributed by atoms with E-state index in [1.807, 2.05) is 24.4 Å². The zero-order valence-electron chi connectivity index (χ0n) is 6.67. The Bertz CT molecular complexity index is 403. The van der Waals surface area contributed by atoms with E-state index in [4.69, 9.17) is 11.5 Å². The molecule has 0 aliphatic heterocycles. The molecule has 2 rings (SSSR count). The normalized spacial score (nSPS) is 10.8. The standard InChI is InChI=1S/C9H11N3/c10-4-6-5-12-9-2-1-7(11)3-8(6)9/h1-3,5,12H,4,10-11H2. The van der Waals surface area contributed by atoms with E-state index < -0.39 is 0 Å². The summed E-state index contributed by atoms with van der Waals surface area (Å²) in [6.45, 7) is 0.545. The van der Waals surface area contributed by atoms with Crippen molar-refractivity contribution in [3.05, 3.63) is 30.0 Å². The van der Waals surface area contributed by atoms with Gasteiger partial charge >= 0.3 is 0 Å². The second-order valence-corrected chi connectivity index (χ2v) is 2.82. The van der Waals surface area contributed by atoms with Crippen molar-refractivity contribution in [2.24, 2.45) is 5.73 Å². The highest BCUT2D eigenvalue weighted by Crippen LogP contribution is 2.20. The number of hydrogen-bond donors (Lipinski definition) is 3. The summed E-state index contributed by atoms with van der Waals surface area (Å²) in [6, 6.07) is 5.77. The summed E-state index contributed by atoms with van der Waals surface area (Å²) >= 11 is 0. The van der Waals surface area contributed by atoms with Crippen LogP contribution in [-0.2, 0) is 6.54 Å². The Morgan fingerprint density at radius 2 is 2.17 bits per heavy atom. The third-order valence-electron chi connectivity index (χ3n) is 2.01. The Balaban J connectivity index is 2.75. The van der Waals surface area contributed by atoms with E-state index in [0.717, 1.165) is 22.2 Å². The van der Waals surface area contributed by atoms with Crippen molar-refractivity contribution in [1.82, 2.24) is 4.98 Å². The van der Waals surface area contributed by atoms with Crippen LogP contribution in [0.25, 0.3) is 10.9 Å². The second kappa shape index (κ2) is 2.53. The van der Waals surface area contributed by atoms with Gasteiger partial charge in [0.15, 0.2) is 0 Å². The third-order valence-corrected chi connectivity index (χ3v) is 2.01. The fourth-order valence-electron chi connectivity index (χ4n) is 1.36. The highest BCUT2D eigenvalue weighted by atomic mass is 14.7. The van der Waals surface area contributed by atoms with Crippen LogP contribution in [-0.4, -0.2) is 4.98 Å². The van der Waals surface area contributed by atoms with Gasteiger partial charge in [-0.1, -0.05) is 0 Å². The van der Waals surface area contributed by atoms with Crippen LogP contribution in [0.4, 0.5) is 5.69 Å². The third kappa shape index (κ3) is 0.950. The number of aromatic nitrogens is 1. The maximum Gasteiger partial charge on any atom is 0.0458 e. The summed E-state index contributed by atoms with van der Waals surface area (Å²) in [5.41, 5.74) is 14.2. The molecule has 12 heavy (non-hydrogen) atoms. The Morgan fingerprint density at radius 1 is 1.33 bits per heavy atom. The number of benzene rings is 1. The average Bonchev–Trinajstić information content (AvgIpc) is 2.46. The van der Waals surface area contributed by atoms with Gasteiger partial charge < -0.3 is 16.5 Å². The van der Waals surface area contributed by atoms with Crippen LogP contribution in [0, 0.1) is 0 Å². The van der Waals surface area contributed by atoms with Crippen molar-refractivity contribution in [2.45, 2.75) is 6.54 Å². The number of hydrogen-bond acceptors (Lipinski definition) is 2. The molecule has 0 radical (unpaired) electrons. The molecule has 0 spiro atoms. The molecule has 0 bridgehead atoms. The molecular weight excluding hydrogens is 150 g/mol.